The molecule has 5 nitrogen and oxygen atoms in total. The van der Waals surface area contributed by atoms with Gasteiger partial charge in [0.2, 0.25) is 5.91 Å². The predicted molar refractivity (Wildman–Crippen MR) is 84.2 cm³/mol. The van der Waals surface area contributed by atoms with Crippen LogP contribution >= 0.6 is 11.3 Å². The molecule has 1 aromatic heterocycles. The number of urea groups is 1. The average Bonchev–Trinajstić information content (AvgIpc) is 2.98. The van der Waals surface area contributed by atoms with Gasteiger partial charge >= 0.3 is 6.03 Å². The third-order valence-corrected chi connectivity index (χ3v) is 3.67. The maximum absolute atomic E-state index is 11.9. The first kappa shape index (κ1) is 15.1. The van der Waals surface area contributed by atoms with Crippen molar-refractivity contribution in [2.45, 2.75) is 19.5 Å². The van der Waals surface area contributed by atoms with Crippen LogP contribution in [0.3, 0.4) is 0 Å². The summed E-state index contributed by atoms with van der Waals surface area (Å²) >= 11 is 1.58. The number of thiophene rings is 1. The highest BCUT2D eigenvalue weighted by Crippen LogP contribution is 2.07. The zero-order valence-corrected chi connectivity index (χ0v) is 12.4. The van der Waals surface area contributed by atoms with Crippen molar-refractivity contribution in [1.82, 2.24) is 10.6 Å². The lowest BCUT2D eigenvalue weighted by atomic mass is 10.3. The van der Waals surface area contributed by atoms with Crippen molar-refractivity contribution >= 4 is 29.0 Å². The molecule has 1 heterocycles. The summed E-state index contributed by atoms with van der Waals surface area (Å²) in [6.45, 7) is 2.12. The second-order valence-electron chi connectivity index (χ2n) is 4.48. The molecule has 0 saturated heterocycles. The minimum atomic E-state index is -0.603. The summed E-state index contributed by atoms with van der Waals surface area (Å²) in [6, 6.07) is 12.0. The van der Waals surface area contributed by atoms with Crippen LogP contribution in [-0.4, -0.2) is 18.0 Å². The Labute approximate surface area is 127 Å². The van der Waals surface area contributed by atoms with Gasteiger partial charge in [0.1, 0.15) is 6.04 Å². The number of rotatable bonds is 5. The number of carbonyl (C=O) groups is 2. The first-order valence-corrected chi connectivity index (χ1v) is 7.46. The van der Waals surface area contributed by atoms with Gasteiger partial charge in [0, 0.05) is 10.6 Å². The maximum atomic E-state index is 11.9. The summed E-state index contributed by atoms with van der Waals surface area (Å²) in [5, 5.41) is 10.0. The third-order valence-electron chi connectivity index (χ3n) is 2.79. The summed E-state index contributed by atoms with van der Waals surface area (Å²) in [7, 11) is 0. The van der Waals surface area contributed by atoms with Crippen molar-refractivity contribution in [2.24, 2.45) is 0 Å². The molecule has 0 aliphatic rings. The molecule has 0 radical (unpaired) electrons. The van der Waals surface area contributed by atoms with Crippen molar-refractivity contribution in [3.05, 3.63) is 52.7 Å². The van der Waals surface area contributed by atoms with Gasteiger partial charge in [-0.05, 0) is 30.5 Å². The molecule has 0 spiro atoms. The number of amides is 3. The summed E-state index contributed by atoms with van der Waals surface area (Å²) in [6.07, 6.45) is 0. The van der Waals surface area contributed by atoms with Crippen LogP contribution in [0.1, 0.15) is 11.8 Å². The van der Waals surface area contributed by atoms with Gasteiger partial charge in [0.25, 0.3) is 0 Å². The normalized spacial score (nSPS) is 11.5. The minimum absolute atomic E-state index is 0.216. The third kappa shape index (κ3) is 4.92. The summed E-state index contributed by atoms with van der Waals surface area (Å²) in [5.41, 5.74) is 0.682. The topological polar surface area (TPSA) is 70.2 Å². The fourth-order valence-electron chi connectivity index (χ4n) is 1.69. The van der Waals surface area contributed by atoms with Gasteiger partial charge in [0.05, 0.1) is 6.54 Å². The van der Waals surface area contributed by atoms with Crippen LogP contribution < -0.4 is 16.0 Å². The van der Waals surface area contributed by atoms with E-state index in [9.17, 15) is 9.59 Å². The number of nitrogens with one attached hydrogen (secondary N) is 3. The van der Waals surface area contributed by atoms with E-state index >= 15 is 0 Å². The van der Waals surface area contributed by atoms with E-state index in [4.69, 9.17) is 0 Å². The van der Waals surface area contributed by atoms with Crippen LogP contribution in [0.2, 0.25) is 0 Å². The molecule has 110 valence electrons. The number of hydrogen-bond donors (Lipinski definition) is 3. The van der Waals surface area contributed by atoms with Crippen molar-refractivity contribution in [3.8, 4) is 0 Å². The SMILES string of the molecule is CC(NC(=O)Nc1ccccc1)C(=O)NCc1cccs1. The number of benzene rings is 1. The van der Waals surface area contributed by atoms with E-state index in [1.54, 1.807) is 30.4 Å². The van der Waals surface area contributed by atoms with Crippen LogP contribution in [-0.2, 0) is 11.3 Å². The molecular formula is C15H17N3O2S. The number of carbonyl (C=O) groups excluding carboxylic acids is 2. The quantitative estimate of drug-likeness (QED) is 0.794. The van der Waals surface area contributed by atoms with Gasteiger partial charge in [-0.3, -0.25) is 4.79 Å². The average molecular weight is 303 g/mol. The maximum Gasteiger partial charge on any atom is 0.319 e. The zero-order chi connectivity index (χ0) is 15.1. The standard InChI is InChI=1S/C15H17N3O2S/c1-11(14(19)16-10-13-8-5-9-21-13)17-15(20)18-12-6-3-2-4-7-12/h2-9,11H,10H2,1H3,(H,16,19)(H2,17,18,20). The minimum Gasteiger partial charge on any atom is -0.349 e. The molecule has 3 amide bonds. The highest BCUT2D eigenvalue weighted by Gasteiger charge is 2.15. The molecule has 1 atom stereocenters. The fraction of sp³-hybridized carbons (Fsp3) is 0.200. The van der Waals surface area contributed by atoms with E-state index in [1.165, 1.54) is 0 Å². The Morgan fingerprint density at radius 2 is 1.90 bits per heavy atom. The van der Waals surface area contributed by atoms with Crippen molar-refractivity contribution in [1.29, 1.82) is 0 Å². The van der Waals surface area contributed by atoms with E-state index < -0.39 is 12.1 Å². The smallest absolute Gasteiger partial charge is 0.319 e. The number of anilines is 1. The Hall–Kier alpha value is -2.34. The van der Waals surface area contributed by atoms with Crippen LogP contribution in [0.25, 0.3) is 0 Å². The highest BCUT2D eigenvalue weighted by molar-refractivity contribution is 7.09. The molecule has 0 bridgehead atoms. The Balaban J connectivity index is 1.76. The fourth-order valence-corrected chi connectivity index (χ4v) is 2.34. The second kappa shape index (κ2) is 7.44. The van der Waals surface area contributed by atoms with Crippen LogP contribution in [0.5, 0.6) is 0 Å². The van der Waals surface area contributed by atoms with Crippen molar-refractivity contribution in [2.75, 3.05) is 5.32 Å². The molecule has 1 unspecified atom stereocenters. The van der Waals surface area contributed by atoms with Crippen molar-refractivity contribution in [3.63, 3.8) is 0 Å². The molecule has 0 aliphatic carbocycles. The Morgan fingerprint density at radius 1 is 1.14 bits per heavy atom. The number of hydrogen-bond acceptors (Lipinski definition) is 3. The summed E-state index contributed by atoms with van der Waals surface area (Å²) in [5.74, 6) is -0.216. The van der Waals surface area contributed by atoms with E-state index in [0.717, 1.165) is 4.88 Å². The van der Waals surface area contributed by atoms with Gasteiger partial charge in [-0.2, -0.15) is 0 Å². The second-order valence-corrected chi connectivity index (χ2v) is 5.52. The van der Waals surface area contributed by atoms with Gasteiger partial charge < -0.3 is 16.0 Å². The lowest BCUT2D eigenvalue weighted by Crippen LogP contribution is -2.46. The van der Waals surface area contributed by atoms with E-state index in [1.807, 2.05) is 35.7 Å². The molecule has 2 rings (SSSR count). The van der Waals surface area contributed by atoms with E-state index in [0.29, 0.717) is 12.2 Å². The van der Waals surface area contributed by atoms with Gasteiger partial charge in [-0.1, -0.05) is 24.3 Å². The van der Waals surface area contributed by atoms with Crippen molar-refractivity contribution < 1.29 is 9.59 Å². The molecule has 0 saturated carbocycles. The molecule has 0 fully saturated rings. The van der Waals surface area contributed by atoms with Gasteiger partial charge in [0.15, 0.2) is 0 Å². The summed E-state index contributed by atoms with van der Waals surface area (Å²) < 4.78 is 0. The molecular weight excluding hydrogens is 286 g/mol. The van der Waals surface area contributed by atoms with Gasteiger partial charge in [-0.25, -0.2) is 4.79 Å². The predicted octanol–water partition coefficient (Wildman–Crippen LogP) is 2.57. The molecule has 21 heavy (non-hydrogen) atoms. The Bertz CT molecular complexity index is 584. The lowest BCUT2D eigenvalue weighted by Gasteiger charge is -2.14. The molecule has 0 aliphatic heterocycles. The highest BCUT2D eigenvalue weighted by atomic mass is 32.1. The summed E-state index contributed by atoms with van der Waals surface area (Å²) in [4.78, 5) is 24.7. The largest absolute Gasteiger partial charge is 0.349 e. The Morgan fingerprint density at radius 3 is 2.57 bits per heavy atom. The lowest BCUT2D eigenvalue weighted by molar-refractivity contribution is -0.122. The van der Waals surface area contributed by atoms with Crippen LogP contribution in [0.15, 0.2) is 47.8 Å². The molecule has 2 aromatic rings. The van der Waals surface area contributed by atoms with E-state index in [2.05, 4.69) is 16.0 Å². The first-order chi connectivity index (χ1) is 10.1. The zero-order valence-electron chi connectivity index (χ0n) is 11.6. The molecule has 3 N–H and O–H groups in total. The van der Waals surface area contributed by atoms with Gasteiger partial charge in [-0.15, -0.1) is 11.3 Å². The Kier molecular flexibility index (Phi) is 5.34. The molecule has 1 aromatic carbocycles. The first-order valence-electron chi connectivity index (χ1n) is 6.58. The number of para-hydroxylation sites is 1. The van der Waals surface area contributed by atoms with E-state index in [-0.39, 0.29) is 5.91 Å². The monoisotopic (exact) mass is 303 g/mol. The van der Waals surface area contributed by atoms with Crippen LogP contribution in [0.4, 0.5) is 10.5 Å². The van der Waals surface area contributed by atoms with Crippen LogP contribution in [0, 0.1) is 0 Å². The molecule has 6 heteroatoms.